The monoisotopic (exact) mass is 294 g/mol. The van der Waals surface area contributed by atoms with Crippen LogP contribution < -0.4 is 0 Å². The van der Waals surface area contributed by atoms with Crippen molar-refractivity contribution in [3.63, 3.8) is 0 Å². The second-order valence-corrected chi connectivity index (χ2v) is 6.46. The summed E-state index contributed by atoms with van der Waals surface area (Å²) < 4.78 is 15.8. The molecule has 0 aliphatic carbocycles. The summed E-state index contributed by atoms with van der Waals surface area (Å²) in [5, 5.41) is 0. The van der Waals surface area contributed by atoms with E-state index in [0.29, 0.717) is 0 Å². The molecule has 0 rings (SSSR count). The van der Waals surface area contributed by atoms with Gasteiger partial charge < -0.3 is 9.79 Å². The predicted octanol–water partition coefficient (Wildman–Crippen LogP) is 4.80. The zero-order valence-corrected chi connectivity index (χ0v) is 13.4. The molecule has 0 aromatic rings. The molecule has 1 unspecified atom stereocenters. The smallest absolute Gasteiger partial charge is 0.303 e. The molecule has 0 amide bonds. The van der Waals surface area contributed by atoms with E-state index in [1.54, 1.807) is 0 Å². The van der Waals surface area contributed by atoms with E-state index in [-0.39, 0.29) is 6.10 Å². The van der Waals surface area contributed by atoms with Crippen LogP contribution in [0.5, 0.6) is 0 Å². The Balaban J connectivity index is 3.81. The average molecular weight is 294 g/mol. The highest BCUT2D eigenvalue weighted by Gasteiger charge is 2.21. The Labute approximate surface area is 118 Å². The molecule has 0 heterocycles. The van der Waals surface area contributed by atoms with Crippen molar-refractivity contribution in [3.8, 4) is 0 Å². The van der Waals surface area contributed by atoms with Gasteiger partial charge in [0.05, 0.1) is 6.10 Å². The molecule has 0 aliphatic rings. The predicted molar refractivity (Wildman–Crippen MR) is 79.1 cm³/mol. The summed E-state index contributed by atoms with van der Waals surface area (Å²) in [6.07, 6.45) is 11.6. The summed E-state index contributed by atoms with van der Waals surface area (Å²) in [5.74, 6) is 0. The molecule has 0 saturated heterocycles. The first kappa shape index (κ1) is 19.1. The van der Waals surface area contributed by atoms with Crippen molar-refractivity contribution in [1.82, 2.24) is 0 Å². The molecule has 0 spiro atoms. The van der Waals surface area contributed by atoms with E-state index in [1.165, 1.54) is 25.7 Å². The van der Waals surface area contributed by atoms with Crippen molar-refractivity contribution in [2.24, 2.45) is 0 Å². The SMILES string of the molecule is CCCCCCCCC(CCCCC)OP(=O)(O)O. The van der Waals surface area contributed by atoms with Crippen LogP contribution >= 0.6 is 7.82 Å². The molecule has 0 aromatic heterocycles. The lowest BCUT2D eigenvalue weighted by Gasteiger charge is -2.18. The zero-order chi connectivity index (χ0) is 14.6. The van der Waals surface area contributed by atoms with Gasteiger partial charge >= 0.3 is 7.82 Å². The van der Waals surface area contributed by atoms with E-state index in [0.717, 1.165) is 44.9 Å². The fourth-order valence-electron chi connectivity index (χ4n) is 2.22. The number of hydrogen-bond donors (Lipinski definition) is 2. The fourth-order valence-corrected chi connectivity index (χ4v) is 2.82. The van der Waals surface area contributed by atoms with Gasteiger partial charge in [-0.05, 0) is 12.8 Å². The highest BCUT2D eigenvalue weighted by Crippen LogP contribution is 2.39. The lowest BCUT2D eigenvalue weighted by molar-refractivity contribution is 0.115. The minimum Gasteiger partial charge on any atom is -0.303 e. The number of phosphoric ester groups is 1. The van der Waals surface area contributed by atoms with E-state index >= 15 is 0 Å². The van der Waals surface area contributed by atoms with Gasteiger partial charge in [-0.25, -0.2) is 4.57 Å². The van der Waals surface area contributed by atoms with Crippen LogP contribution in [0.25, 0.3) is 0 Å². The van der Waals surface area contributed by atoms with Gasteiger partial charge in [0, 0.05) is 0 Å². The topological polar surface area (TPSA) is 66.8 Å². The minimum atomic E-state index is -4.34. The minimum absolute atomic E-state index is 0.279. The van der Waals surface area contributed by atoms with Gasteiger partial charge in [-0.3, -0.25) is 4.52 Å². The van der Waals surface area contributed by atoms with Crippen molar-refractivity contribution in [2.75, 3.05) is 0 Å². The molecule has 0 saturated carbocycles. The maximum absolute atomic E-state index is 10.9. The largest absolute Gasteiger partial charge is 0.469 e. The third-order valence-electron chi connectivity index (χ3n) is 3.30. The normalized spacial score (nSPS) is 13.7. The summed E-state index contributed by atoms with van der Waals surface area (Å²) in [6.45, 7) is 4.31. The lowest BCUT2D eigenvalue weighted by Crippen LogP contribution is -2.11. The van der Waals surface area contributed by atoms with Gasteiger partial charge in [-0.15, -0.1) is 0 Å². The molecular weight excluding hydrogens is 263 g/mol. The maximum Gasteiger partial charge on any atom is 0.469 e. The van der Waals surface area contributed by atoms with E-state index in [1.807, 2.05) is 0 Å². The van der Waals surface area contributed by atoms with Gasteiger partial charge in [-0.2, -0.15) is 0 Å². The molecule has 4 nitrogen and oxygen atoms in total. The van der Waals surface area contributed by atoms with Crippen LogP contribution in [0.2, 0.25) is 0 Å². The third kappa shape index (κ3) is 14.3. The summed E-state index contributed by atoms with van der Waals surface area (Å²) in [6, 6.07) is 0. The first-order valence-corrected chi connectivity index (χ1v) is 9.26. The Hall–Kier alpha value is 0.110. The Morgan fingerprint density at radius 2 is 1.26 bits per heavy atom. The summed E-state index contributed by atoms with van der Waals surface area (Å²) in [5.41, 5.74) is 0. The van der Waals surface area contributed by atoms with Crippen LogP contribution in [0, 0.1) is 0 Å². The van der Waals surface area contributed by atoms with Crippen molar-refractivity contribution < 1.29 is 18.9 Å². The molecule has 0 fully saturated rings. The average Bonchev–Trinajstić information content (AvgIpc) is 2.31. The molecule has 5 heteroatoms. The lowest BCUT2D eigenvalue weighted by atomic mass is 10.0. The third-order valence-corrected chi connectivity index (χ3v) is 3.87. The molecule has 19 heavy (non-hydrogen) atoms. The number of rotatable bonds is 13. The van der Waals surface area contributed by atoms with Gasteiger partial charge in [0.1, 0.15) is 0 Å². The molecule has 116 valence electrons. The van der Waals surface area contributed by atoms with Crippen LogP contribution in [0.4, 0.5) is 0 Å². The number of hydrogen-bond acceptors (Lipinski definition) is 2. The van der Waals surface area contributed by atoms with Crippen LogP contribution in [0.3, 0.4) is 0 Å². The van der Waals surface area contributed by atoms with Crippen LogP contribution in [-0.2, 0) is 9.09 Å². The highest BCUT2D eigenvalue weighted by atomic mass is 31.2. The van der Waals surface area contributed by atoms with Crippen molar-refractivity contribution >= 4 is 7.82 Å². The van der Waals surface area contributed by atoms with Gasteiger partial charge in [-0.1, -0.05) is 71.6 Å². The van der Waals surface area contributed by atoms with E-state index in [2.05, 4.69) is 13.8 Å². The first-order chi connectivity index (χ1) is 8.99. The molecule has 1 atom stereocenters. The Morgan fingerprint density at radius 3 is 1.79 bits per heavy atom. The molecular formula is C14H31O4P. The maximum atomic E-state index is 10.9. The quantitative estimate of drug-likeness (QED) is 0.378. The van der Waals surface area contributed by atoms with Crippen LogP contribution in [-0.4, -0.2) is 15.9 Å². The second-order valence-electron chi connectivity index (χ2n) is 5.27. The van der Waals surface area contributed by atoms with E-state index in [4.69, 9.17) is 14.3 Å². The Bertz CT molecular complexity index is 240. The molecule has 0 aromatic carbocycles. The first-order valence-electron chi connectivity index (χ1n) is 7.73. The summed E-state index contributed by atoms with van der Waals surface area (Å²) in [4.78, 5) is 17.8. The van der Waals surface area contributed by atoms with Gasteiger partial charge in [0.25, 0.3) is 0 Å². The summed E-state index contributed by atoms with van der Waals surface area (Å²) in [7, 11) is -4.34. The Kier molecular flexibility index (Phi) is 12.0. The van der Waals surface area contributed by atoms with Crippen LogP contribution in [0.15, 0.2) is 0 Å². The number of unbranched alkanes of at least 4 members (excludes halogenated alkanes) is 7. The van der Waals surface area contributed by atoms with E-state index in [9.17, 15) is 4.57 Å². The zero-order valence-electron chi connectivity index (χ0n) is 12.5. The molecule has 2 N–H and O–H groups in total. The van der Waals surface area contributed by atoms with E-state index < -0.39 is 7.82 Å². The van der Waals surface area contributed by atoms with Gasteiger partial charge in [0.15, 0.2) is 0 Å². The summed E-state index contributed by atoms with van der Waals surface area (Å²) >= 11 is 0. The second kappa shape index (κ2) is 11.9. The van der Waals surface area contributed by atoms with Crippen molar-refractivity contribution in [1.29, 1.82) is 0 Å². The van der Waals surface area contributed by atoms with Crippen molar-refractivity contribution in [2.45, 2.75) is 90.6 Å². The van der Waals surface area contributed by atoms with Crippen molar-refractivity contribution in [3.05, 3.63) is 0 Å². The number of phosphoric acid groups is 1. The molecule has 0 aliphatic heterocycles. The van der Waals surface area contributed by atoms with Gasteiger partial charge in [0.2, 0.25) is 0 Å². The highest BCUT2D eigenvalue weighted by molar-refractivity contribution is 7.46. The van der Waals surface area contributed by atoms with Crippen LogP contribution in [0.1, 0.15) is 84.5 Å². The standard InChI is InChI=1S/C14H31O4P/c1-3-5-7-8-9-11-13-14(12-10-6-4-2)18-19(15,16)17/h14H,3-13H2,1-2H3,(H2,15,16,17). The fraction of sp³-hybridized carbons (Fsp3) is 1.00. The molecule has 0 bridgehead atoms. The molecule has 0 radical (unpaired) electrons. The Morgan fingerprint density at radius 1 is 0.842 bits per heavy atom.